The highest BCUT2D eigenvalue weighted by Crippen LogP contribution is 2.49. The Balaban J connectivity index is 2.13. The molecule has 0 atom stereocenters. The highest BCUT2D eigenvalue weighted by Gasteiger charge is 2.30. The number of hydrogen-bond acceptors (Lipinski definition) is 4. The zero-order valence-corrected chi connectivity index (χ0v) is 11.7. The van der Waals surface area contributed by atoms with Gasteiger partial charge in [-0.25, -0.2) is 0 Å². The molecule has 2 rings (SSSR count). The first-order valence-corrected chi connectivity index (χ1v) is 7.64. The van der Waals surface area contributed by atoms with E-state index >= 15 is 0 Å². The van der Waals surface area contributed by atoms with Crippen LogP contribution in [0.5, 0.6) is 5.75 Å². The normalized spacial score (nSPS) is 18.7. The Morgan fingerprint density at radius 2 is 1.82 bits per heavy atom. The Hall–Kier alpha value is -0.610. The summed E-state index contributed by atoms with van der Waals surface area (Å²) in [5.74, 6) is 2.78. The zero-order valence-electron chi connectivity index (χ0n) is 10.1. The summed E-state index contributed by atoms with van der Waals surface area (Å²) in [6, 6.07) is 7.86. The number of thioether (sulfide) groups is 2. The molecule has 92 valence electrons. The van der Waals surface area contributed by atoms with Crippen LogP contribution in [0.3, 0.4) is 0 Å². The molecule has 0 bridgehead atoms. The van der Waals surface area contributed by atoms with Gasteiger partial charge in [0, 0.05) is 6.92 Å². The van der Waals surface area contributed by atoms with Crippen molar-refractivity contribution < 1.29 is 9.53 Å². The van der Waals surface area contributed by atoms with Gasteiger partial charge in [-0.2, -0.15) is 0 Å². The fraction of sp³-hybridized carbons (Fsp3) is 0.462. The summed E-state index contributed by atoms with van der Waals surface area (Å²) in [5.41, 5.74) is 1.29. The van der Waals surface area contributed by atoms with E-state index in [2.05, 4.69) is 19.1 Å². The Bertz CT molecular complexity index is 394. The van der Waals surface area contributed by atoms with Gasteiger partial charge in [0.1, 0.15) is 5.75 Å². The van der Waals surface area contributed by atoms with Gasteiger partial charge in [0.05, 0.1) is 4.08 Å². The molecule has 1 aromatic carbocycles. The first kappa shape index (κ1) is 12.8. The van der Waals surface area contributed by atoms with Crippen LogP contribution in [-0.2, 0) is 8.87 Å². The lowest BCUT2D eigenvalue weighted by Gasteiger charge is -2.32. The summed E-state index contributed by atoms with van der Waals surface area (Å²) in [5, 5.41) is 0. The van der Waals surface area contributed by atoms with Crippen molar-refractivity contribution in [3.8, 4) is 5.75 Å². The van der Waals surface area contributed by atoms with Crippen LogP contribution >= 0.6 is 23.5 Å². The van der Waals surface area contributed by atoms with Crippen LogP contribution < -0.4 is 4.74 Å². The molecule has 0 aromatic heterocycles. The highest BCUT2D eigenvalue weighted by molar-refractivity contribution is 8.18. The molecule has 0 saturated carbocycles. The molecule has 0 spiro atoms. The number of benzene rings is 1. The number of carbonyl (C=O) groups is 1. The van der Waals surface area contributed by atoms with Crippen molar-refractivity contribution in [1.29, 1.82) is 0 Å². The van der Waals surface area contributed by atoms with Crippen LogP contribution in [0.15, 0.2) is 24.3 Å². The van der Waals surface area contributed by atoms with Gasteiger partial charge in [-0.15, -0.1) is 23.5 Å². The van der Waals surface area contributed by atoms with E-state index in [-0.39, 0.29) is 10.0 Å². The van der Waals surface area contributed by atoms with Crippen molar-refractivity contribution >= 4 is 29.5 Å². The van der Waals surface area contributed by atoms with Gasteiger partial charge in [0.2, 0.25) is 0 Å². The fourth-order valence-corrected chi connectivity index (χ4v) is 4.77. The standard InChI is InChI=1S/C13H16O2S2/c1-10(14)15-12-6-4-11(5-7-12)13(2)16-8-3-9-17-13/h4-7H,3,8-9H2,1-2H3. The Morgan fingerprint density at radius 1 is 1.24 bits per heavy atom. The van der Waals surface area contributed by atoms with Crippen LogP contribution in [0.25, 0.3) is 0 Å². The summed E-state index contributed by atoms with van der Waals surface area (Å²) in [7, 11) is 0. The SMILES string of the molecule is CC(=O)Oc1ccc(C2(C)SCCCS2)cc1. The van der Waals surface area contributed by atoms with Crippen LogP contribution in [0.4, 0.5) is 0 Å². The van der Waals surface area contributed by atoms with Crippen LogP contribution in [-0.4, -0.2) is 17.5 Å². The summed E-state index contributed by atoms with van der Waals surface area (Å²) >= 11 is 3.99. The van der Waals surface area contributed by atoms with Crippen LogP contribution in [0, 0.1) is 0 Å². The molecule has 1 saturated heterocycles. The van der Waals surface area contributed by atoms with E-state index in [1.165, 1.54) is 30.4 Å². The van der Waals surface area contributed by atoms with E-state index in [9.17, 15) is 4.79 Å². The molecule has 1 fully saturated rings. The second-order valence-electron chi connectivity index (χ2n) is 4.11. The zero-order chi connectivity index (χ0) is 12.3. The van der Waals surface area contributed by atoms with Gasteiger partial charge in [0.25, 0.3) is 0 Å². The van der Waals surface area contributed by atoms with Crippen molar-refractivity contribution in [3.05, 3.63) is 29.8 Å². The van der Waals surface area contributed by atoms with E-state index < -0.39 is 0 Å². The average Bonchev–Trinajstić information content (AvgIpc) is 2.30. The first-order chi connectivity index (χ1) is 8.10. The fourth-order valence-electron chi connectivity index (χ4n) is 1.79. The highest BCUT2D eigenvalue weighted by atomic mass is 32.2. The Labute approximate surface area is 111 Å². The average molecular weight is 268 g/mol. The summed E-state index contributed by atoms with van der Waals surface area (Å²) in [6.45, 7) is 3.68. The molecule has 1 aliphatic heterocycles. The van der Waals surface area contributed by atoms with Gasteiger partial charge in [-0.05, 0) is 42.5 Å². The maximum absolute atomic E-state index is 10.8. The van der Waals surface area contributed by atoms with Crippen molar-refractivity contribution in [1.82, 2.24) is 0 Å². The molecule has 0 unspecified atom stereocenters. The second kappa shape index (κ2) is 5.36. The molecule has 0 aliphatic carbocycles. The van der Waals surface area contributed by atoms with E-state index in [1.54, 1.807) is 0 Å². The third-order valence-corrected chi connectivity index (χ3v) is 5.95. The maximum Gasteiger partial charge on any atom is 0.308 e. The number of carbonyl (C=O) groups excluding carboxylic acids is 1. The molecular formula is C13H16O2S2. The molecule has 1 aromatic rings. The molecule has 1 heterocycles. The number of ether oxygens (including phenoxy) is 1. The lowest BCUT2D eigenvalue weighted by atomic mass is 10.1. The van der Waals surface area contributed by atoms with E-state index in [0.717, 1.165) is 0 Å². The van der Waals surface area contributed by atoms with Crippen molar-refractivity contribution in [2.45, 2.75) is 24.3 Å². The molecule has 1 aliphatic rings. The van der Waals surface area contributed by atoms with E-state index in [0.29, 0.717) is 5.75 Å². The second-order valence-corrected chi connectivity index (χ2v) is 7.40. The van der Waals surface area contributed by atoms with Gasteiger partial charge in [0.15, 0.2) is 0 Å². The number of esters is 1. The molecular weight excluding hydrogens is 252 g/mol. The van der Waals surface area contributed by atoms with Crippen molar-refractivity contribution in [3.63, 3.8) is 0 Å². The molecule has 17 heavy (non-hydrogen) atoms. The summed E-state index contributed by atoms with van der Waals surface area (Å²) < 4.78 is 5.18. The number of rotatable bonds is 2. The lowest BCUT2D eigenvalue weighted by Crippen LogP contribution is -2.18. The smallest absolute Gasteiger partial charge is 0.308 e. The molecule has 0 N–H and O–H groups in total. The Kier molecular flexibility index (Phi) is 4.05. The number of hydrogen-bond donors (Lipinski definition) is 0. The maximum atomic E-state index is 10.8. The van der Waals surface area contributed by atoms with Gasteiger partial charge < -0.3 is 4.74 Å². The van der Waals surface area contributed by atoms with Gasteiger partial charge in [-0.1, -0.05) is 12.1 Å². The van der Waals surface area contributed by atoms with Gasteiger partial charge in [-0.3, -0.25) is 4.79 Å². The van der Waals surface area contributed by atoms with Crippen LogP contribution in [0.1, 0.15) is 25.8 Å². The van der Waals surface area contributed by atoms with E-state index in [1.807, 2.05) is 35.7 Å². The molecule has 0 amide bonds. The third-order valence-electron chi connectivity index (χ3n) is 2.68. The summed E-state index contributed by atoms with van der Waals surface area (Å²) in [6.07, 6.45) is 1.29. The minimum absolute atomic E-state index is 0.146. The van der Waals surface area contributed by atoms with E-state index in [4.69, 9.17) is 4.74 Å². The monoisotopic (exact) mass is 268 g/mol. The summed E-state index contributed by atoms with van der Waals surface area (Å²) in [4.78, 5) is 10.8. The third kappa shape index (κ3) is 3.19. The Morgan fingerprint density at radius 3 is 2.35 bits per heavy atom. The topological polar surface area (TPSA) is 26.3 Å². The molecule has 4 heteroatoms. The minimum Gasteiger partial charge on any atom is -0.427 e. The predicted molar refractivity (Wildman–Crippen MR) is 74.6 cm³/mol. The minimum atomic E-state index is -0.273. The van der Waals surface area contributed by atoms with Gasteiger partial charge >= 0.3 is 5.97 Å². The molecule has 2 nitrogen and oxygen atoms in total. The first-order valence-electron chi connectivity index (χ1n) is 5.67. The lowest BCUT2D eigenvalue weighted by molar-refractivity contribution is -0.131. The van der Waals surface area contributed by atoms with Crippen molar-refractivity contribution in [2.75, 3.05) is 11.5 Å². The largest absolute Gasteiger partial charge is 0.427 e. The van der Waals surface area contributed by atoms with Crippen LogP contribution in [0.2, 0.25) is 0 Å². The quantitative estimate of drug-likeness (QED) is 0.604. The molecule has 0 radical (unpaired) electrons. The predicted octanol–water partition coefficient (Wildman–Crippen LogP) is 3.65. The van der Waals surface area contributed by atoms with Crippen molar-refractivity contribution in [2.24, 2.45) is 0 Å².